The first-order valence-corrected chi connectivity index (χ1v) is 10.3. The molecule has 0 radical (unpaired) electrons. The van der Waals surface area contributed by atoms with Crippen LogP contribution >= 0.6 is 23.2 Å². The van der Waals surface area contributed by atoms with Crippen molar-refractivity contribution < 1.29 is 19.1 Å². The highest BCUT2D eigenvalue weighted by molar-refractivity contribution is 6.35. The van der Waals surface area contributed by atoms with Crippen LogP contribution in [0.1, 0.15) is 21.5 Å². The zero-order valence-corrected chi connectivity index (χ0v) is 18.6. The standard InChI is InChI=1S/C24H20Cl2N2O4/c1-31-22-13-15(5-11-21(22)32-14-18-19(25)3-2-4-20(18)26)6-12-23(29)28-17-9-7-16(8-10-17)24(27)30/h2-13H,14H2,1H3,(H2,27,30)(H,28,29)/b12-6+. The number of rotatable bonds is 8. The van der Waals surface area contributed by atoms with Crippen molar-refractivity contribution in [1.29, 1.82) is 0 Å². The van der Waals surface area contributed by atoms with E-state index in [4.69, 9.17) is 38.4 Å². The molecule has 0 aliphatic heterocycles. The summed E-state index contributed by atoms with van der Waals surface area (Å²) in [5.74, 6) is 0.154. The second-order valence-corrected chi connectivity index (χ2v) is 7.48. The molecule has 2 amide bonds. The molecule has 0 bridgehead atoms. The lowest BCUT2D eigenvalue weighted by molar-refractivity contribution is -0.111. The zero-order valence-electron chi connectivity index (χ0n) is 17.1. The minimum absolute atomic E-state index is 0.182. The van der Waals surface area contributed by atoms with Crippen LogP contribution in [0.15, 0.2) is 66.7 Å². The van der Waals surface area contributed by atoms with Gasteiger partial charge in [0.2, 0.25) is 11.8 Å². The van der Waals surface area contributed by atoms with Gasteiger partial charge in [0.25, 0.3) is 0 Å². The summed E-state index contributed by atoms with van der Waals surface area (Å²) in [6.45, 7) is 0.182. The van der Waals surface area contributed by atoms with Gasteiger partial charge in [-0.1, -0.05) is 35.3 Å². The van der Waals surface area contributed by atoms with Gasteiger partial charge in [-0.2, -0.15) is 0 Å². The smallest absolute Gasteiger partial charge is 0.248 e. The largest absolute Gasteiger partial charge is 0.493 e. The van der Waals surface area contributed by atoms with E-state index in [-0.39, 0.29) is 12.5 Å². The minimum atomic E-state index is -0.529. The first kappa shape index (κ1) is 23.2. The zero-order chi connectivity index (χ0) is 23.1. The Morgan fingerprint density at radius 2 is 1.69 bits per heavy atom. The highest BCUT2D eigenvalue weighted by Gasteiger charge is 2.10. The number of benzene rings is 3. The number of hydrogen-bond donors (Lipinski definition) is 2. The quantitative estimate of drug-likeness (QED) is 0.435. The van der Waals surface area contributed by atoms with Crippen molar-refractivity contribution in [2.75, 3.05) is 12.4 Å². The number of carbonyl (C=O) groups is 2. The van der Waals surface area contributed by atoms with Gasteiger partial charge in [-0.15, -0.1) is 0 Å². The first-order chi connectivity index (χ1) is 15.4. The van der Waals surface area contributed by atoms with Crippen LogP contribution in [0.5, 0.6) is 11.5 Å². The fourth-order valence-electron chi connectivity index (χ4n) is 2.80. The van der Waals surface area contributed by atoms with Crippen LogP contribution in [0.25, 0.3) is 6.08 Å². The predicted molar refractivity (Wildman–Crippen MR) is 126 cm³/mol. The van der Waals surface area contributed by atoms with E-state index in [1.807, 2.05) is 0 Å². The molecule has 3 rings (SSSR count). The van der Waals surface area contributed by atoms with Gasteiger partial charge in [-0.25, -0.2) is 0 Å². The Labute approximate surface area is 195 Å². The Bertz CT molecular complexity index is 1140. The SMILES string of the molecule is COc1cc(/C=C/C(=O)Nc2ccc(C(N)=O)cc2)ccc1OCc1c(Cl)cccc1Cl. The lowest BCUT2D eigenvalue weighted by Crippen LogP contribution is -2.11. The molecular weight excluding hydrogens is 451 g/mol. The first-order valence-electron chi connectivity index (χ1n) is 9.50. The maximum Gasteiger partial charge on any atom is 0.248 e. The fourth-order valence-corrected chi connectivity index (χ4v) is 3.31. The number of nitrogens with two attached hydrogens (primary N) is 1. The summed E-state index contributed by atoms with van der Waals surface area (Å²) < 4.78 is 11.2. The van der Waals surface area contributed by atoms with E-state index in [2.05, 4.69) is 5.32 Å². The van der Waals surface area contributed by atoms with E-state index in [1.54, 1.807) is 66.7 Å². The van der Waals surface area contributed by atoms with E-state index in [1.165, 1.54) is 13.2 Å². The van der Waals surface area contributed by atoms with Gasteiger partial charge in [0, 0.05) is 32.9 Å². The topological polar surface area (TPSA) is 90.6 Å². The van der Waals surface area contributed by atoms with Gasteiger partial charge < -0.3 is 20.5 Å². The van der Waals surface area contributed by atoms with E-state index in [0.29, 0.717) is 38.4 Å². The Hall–Kier alpha value is -3.48. The monoisotopic (exact) mass is 470 g/mol. The molecule has 0 aliphatic carbocycles. The Morgan fingerprint density at radius 1 is 1.00 bits per heavy atom. The number of anilines is 1. The maximum absolute atomic E-state index is 12.2. The average Bonchev–Trinajstić information content (AvgIpc) is 2.78. The van der Waals surface area contributed by atoms with E-state index in [0.717, 1.165) is 5.56 Å². The second kappa shape index (κ2) is 10.7. The van der Waals surface area contributed by atoms with Crippen LogP contribution in [0.2, 0.25) is 10.0 Å². The normalized spacial score (nSPS) is 10.7. The molecule has 0 aromatic heterocycles. The summed E-state index contributed by atoms with van der Waals surface area (Å²) in [5.41, 5.74) is 7.54. The highest BCUT2D eigenvalue weighted by atomic mass is 35.5. The van der Waals surface area contributed by atoms with Crippen LogP contribution in [-0.4, -0.2) is 18.9 Å². The second-order valence-electron chi connectivity index (χ2n) is 6.66. The number of hydrogen-bond acceptors (Lipinski definition) is 4. The maximum atomic E-state index is 12.2. The van der Waals surface area contributed by atoms with Crippen molar-refractivity contribution in [2.24, 2.45) is 5.73 Å². The van der Waals surface area contributed by atoms with Crippen molar-refractivity contribution in [3.63, 3.8) is 0 Å². The van der Waals surface area contributed by atoms with Crippen molar-refractivity contribution in [2.45, 2.75) is 6.61 Å². The molecule has 3 aromatic rings. The van der Waals surface area contributed by atoms with Crippen LogP contribution in [0.4, 0.5) is 5.69 Å². The predicted octanol–water partition coefficient (Wildman–Crippen LogP) is 5.33. The summed E-state index contributed by atoms with van der Waals surface area (Å²) in [7, 11) is 1.53. The van der Waals surface area contributed by atoms with Crippen molar-refractivity contribution in [3.8, 4) is 11.5 Å². The van der Waals surface area contributed by atoms with E-state index < -0.39 is 5.91 Å². The number of ether oxygens (including phenoxy) is 2. The molecule has 0 unspecified atom stereocenters. The van der Waals surface area contributed by atoms with E-state index >= 15 is 0 Å². The Balaban J connectivity index is 1.65. The summed E-state index contributed by atoms with van der Waals surface area (Å²) in [6.07, 6.45) is 3.03. The molecule has 0 saturated heterocycles. The summed E-state index contributed by atoms with van der Waals surface area (Å²) in [5, 5.41) is 3.75. The Kier molecular flexibility index (Phi) is 7.76. The van der Waals surface area contributed by atoms with Gasteiger partial charge >= 0.3 is 0 Å². The molecule has 0 aliphatic rings. The lowest BCUT2D eigenvalue weighted by atomic mass is 10.1. The molecule has 164 valence electrons. The Morgan fingerprint density at radius 3 is 2.31 bits per heavy atom. The summed E-state index contributed by atoms with van der Waals surface area (Å²) >= 11 is 12.4. The van der Waals surface area contributed by atoms with Gasteiger partial charge in [0.1, 0.15) is 6.61 Å². The molecular formula is C24H20Cl2N2O4. The number of methoxy groups -OCH3 is 1. The van der Waals surface area contributed by atoms with Crippen molar-refractivity contribution >= 4 is 46.8 Å². The van der Waals surface area contributed by atoms with Gasteiger partial charge in [-0.05, 0) is 60.2 Å². The number of amides is 2. The van der Waals surface area contributed by atoms with E-state index in [9.17, 15) is 9.59 Å². The third kappa shape index (κ3) is 6.03. The lowest BCUT2D eigenvalue weighted by Gasteiger charge is -2.13. The van der Waals surface area contributed by atoms with Gasteiger partial charge in [0.05, 0.1) is 7.11 Å². The number of carbonyl (C=O) groups excluding carboxylic acids is 2. The molecule has 3 N–H and O–H groups in total. The van der Waals surface area contributed by atoms with Crippen LogP contribution in [0, 0.1) is 0 Å². The van der Waals surface area contributed by atoms with Gasteiger partial charge in [0.15, 0.2) is 11.5 Å². The molecule has 8 heteroatoms. The highest BCUT2D eigenvalue weighted by Crippen LogP contribution is 2.31. The fraction of sp³-hybridized carbons (Fsp3) is 0.0833. The third-order valence-corrected chi connectivity index (χ3v) is 5.19. The molecule has 6 nitrogen and oxygen atoms in total. The van der Waals surface area contributed by atoms with Crippen LogP contribution in [0.3, 0.4) is 0 Å². The molecule has 3 aromatic carbocycles. The van der Waals surface area contributed by atoms with Crippen LogP contribution < -0.4 is 20.5 Å². The van der Waals surface area contributed by atoms with Crippen LogP contribution in [-0.2, 0) is 11.4 Å². The number of nitrogens with one attached hydrogen (secondary N) is 1. The molecule has 32 heavy (non-hydrogen) atoms. The summed E-state index contributed by atoms with van der Waals surface area (Å²) in [6, 6.07) is 16.8. The molecule has 0 saturated carbocycles. The molecule has 0 spiro atoms. The molecule has 0 fully saturated rings. The minimum Gasteiger partial charge on any atom is -0.493 e. The van der Waals surface area contributed by atoms with Crippen molar-refractivity contribution in [3.05, 3.63) is 93.5 Å². The van der Waals surface area contributed by atoms with Gasteiger partial charge in [-0.3, -0.25) is 9.59 Å². The van der Waals surface area contributed by atoms with Crippen molar-refractivity contribution in [1.82, 2.24) is 0 Å². The third-order valence-electron chi connectivity index (χ3n) is 4.49. The molecule has 0 heterocycles. The number of primary amides is 1. The number of halogens is 2. The molecule has 0 atom stereocenters. The average molecular weight is 471 g/mol. The summed E-state index contributed by atoms with van der Waals surface area (Å²) in [4.78, 5) is 23.3.